The molecule has 0 saturated heterocycles. The van der Waals surface area contributed by atoms with Gasteiger partial charge < -0.3 is 10.1 Å². The van der Waals surface area contributed by atoms with Gasteiger partial charge in [0.1, 0.15) is 0 Å². The van der Waals surface area contributed by atoms with E-state index >= 15 is 0 Å². The zero-order chi connectivity index (χ0) is 17.5. The van der Waals surface area contributed by atoms with Crippen LogP contribution in [-0.4, -0.2) is 28.9 Å². The molecule has 0 radical (unpaired) electrons. The maximum atomic E-state index is 12.1. The first-order chi connectivity index (χ1) is 11.5. The number of esters is 1. The van der Waals surface area contributed by atoms with Crippen LogP contribution in [0.5, 0.6) is 0 Å². The molecule has 1 amide bonds. The Labute approximate surface area is 143 Å². The number of benzene rings is 2. The molecule has 2 aromatic carbocycles. The van der Waals surface area contributed by atoms with Crippen LogP contribution in [0, 0.1) is 0 Å². The Balaban J connectivity index is 1.92. The van der Waals surface area contributed by atoms with E-state index in [1.165, 1.54) is 12.3 Å². The van der Waals surface area contributed by atoms with Crippen molar-refractivity contribution >= 4 is 22.7 Å². The SMILES string of the molecule is C[C@H](NC(=O)COC(=O)c1ccccc1[S@](C)=O)c1ccccc1. The van der Waals surface area contributed by atoms with Crippen molar-refractivity contribution in [1.82, 2.24) is 5.32 Å². The number of rotatable bonds is 6. The third-order valence-corrected chi connectivity index (χ3v) is 4.40. The summed E-state index contributed by atoms with van der Waals surface area (Å²) in [5.41, 5.74) is 1.17. The van der Waals surface area contributed by atoms with Crippen molar-refractivity contribution in [2.24, 2.45) is 0 Å². The normalized spacial score (nSPS) is 12.9. The van der Waals surface area contributed by atoms with Gasteiger partial charge in [-0.2, -0.15) is 0 Å². The second-order valence-electron chi connectivity index (χ2n) is 5.23. The van der Waals surface area contributed by atoms with Crippen molar-refractivity contribution in [2.45, 2.75) is 17.9 Å². The number of carbonyl (C=O) groups excluding carboxylic acids is 2. The summed E-state index contributed by atoms with van der Waals surface area (Å²) in [4.78, 5) is 24.4. The summed E-state index contributed by atoms with van der Waals surface area (Å²) in [6, 6.07) is 15.8. The minimum absolute atomic E-state index is 0.187. The van der Waals surface area contributed by atoms with Crippen LogP contribution in [0.15, 0.2) is 59.5 Å². The summed E-state index contributed by atoms with van der Waals surface area (Å²) >= 11 is 0. The molecule has 0 saturated carbocycles. The predicted octanol–water partition coefficient (Wildman–Crippen LogP) is 2.46. The summed E-state index contributed by atoms with van der Waals surface area (Å²) < 4.78 is 16.7. The summed E-state index contributed by atoms with van der Waals surface area (Å²) in [6.45, 7) is 1.46. The highest BCUT2D eigenvalue weighted by atomic mass is 32.2. The average molecular weight is 345 g/mol. The van der Waals surface area contributed by atoms with E-state index < -0.39 is 22.7 Å². The summed E-state index contributed by atoms with van der Waals surface area (Å²) in [5.74, 6) is -1.06. The van der Waals surface area contributed by atoms with Crippen LogP contribution in [-0.2, 0) is 20.3 Å². The van der Waals surface area contributed by atoms with Crippen molar-refractivity contribution in [3.8, 4) is 0 Å². The average Bonchev–Trinajstić information content (AvgIpc) is 2.60. The highest BCUT2D eigenvalue weighted by Gasteiger charge is 2.17. The van der Waals surface area contributed by atoms with E-state index in [4.69, 9.17) is 4.74 Å². The van der Waals surface area contributed by atoms with Crippen LogP contribution in [0.2, 0.25) is 0 Å². The zero-order valence-electron chi connectivity index (χ0n) is 13.5. The molecular weight excluding hydrogens is 326 g/mol. The molecule has 2 atom stereocenters. The Kier molecular flexibility index (Phi) is 6.26. The third-order valence-electron chi connectivity index (χ3n) is 3.43. The smallest absolute Gasteiger partial charge is 0.339 e. The van der Waals surface area contributed by atoms with Gasteiger partial charge in [0.25, 0.3) is 5.91 Å². The Morgan fingerprint density at radius 2 is 1.71 bits per heavy atom. The number of ether oxygens (including phenoxy) is 1. The van der Waals surface area contributed by atoms with E-state index in [1.807, 2.05) is 37.3 Å². The van der Waals surface area contributed by atoms with E-state index in [0.29, 0.717) is 4.90 Å². The maximum Gasteiger partial charge on any atom is 0.339 e. The molecule has 0 aromatic heterocycles. The summed E-state index contributed by atoms with van der Waals surface area (Å²) in [7, 11) is -1.31. The molecule has 2 aromatic rings. The number of carbonyl (C=O) groups is 2. The molecule has 2 rings (SSSR count). The molecule has 5 nitrogen and oxygen atoms in total. The van der Waals surface area contributed by atoms with E-state index in [-0.39, 0.29) is 18.2 Å². The lowest BCUT2D eigenvalue weighted by molar-refractivity contribution is -0.124. The second kappa shape index (κ2) is 8.40. The third kappa shape index (κ3) is 4.76. The Bertz CT molecular complexity index is 746. The van der Waals surface area contributed by atoms with Gasteiger partial charge in [0, 0.05) is 6.26 Å². The Morgan fingerprint density at radius 1 is 1.08 bits per heavy atom. The van der Waals surface area contributed by atoms with Crippen LogP contribution in [0.25, 0.3) is 0 Å². The van der Waals surface area contributed by atoms with Gasteiger partial charge in [0.15, 0.2) is 6.61 Å². The topological polar surface area (TPSA) is 72.5 Å². The van der Waals surface area contributed by atoms with Crippen molar-refractivity contribution in [3.05, 3.63) is 65.7 Å². The molecule has 0 aliphatic rings. The minimum Gasteiger partial charge on any atom is -0.452 e. The van der Waals surface area contributed by atoms with E-state index in [2.05, 4.69) is 5.32 Å². The number of hydrogen-bond donors (Lipinski definition) is 1. The largest absolute Gasteiger partial charge is 0.452 e. The van der Waals surface area contributed by atoms with Crippen LogP contribution in [0.1, 0.15) is 28.9 Å². The minimum atomic E-state index is -1.31. The predicted molar refractivity (Wildman–Crippen MR) is 92.1 cm³/mol. The molecule has 0 fully saturated rings. The van der Waals surface area contributed by atoms with Crippen molar-refractivity contribution in [2.75, 3.05) is 12.9 Å². The van der Waals surface area contributed by atoms with Gasteiger partial charge in [0.2, 0.25) is 0 Å². The molecule has 24 heavy (non-hydrogen) atoms. The van der Waals surface area contributed by atoms with Gasteiger partial charge in [-0.05, 0) is 24.6 Å². The first-order valence-corrected chi connectivity index (χ1v) is 8.98. The molecule has 0 unspecified atom stereocenters. The fourth-order valence-electron chi connectivity index (χ4n) is 2.20. The fraction of sp³-hybridized carbons (Fsp3) is 0.222. The molecular formula is C18H19NO4S. The van der Waals surface area contributed by atoms with E-state index in [0.717, 1.165) is 5.56 Å². The number of nitrogens with one attached hydrogen (secondary N) is 1. The number of hydrogen-bond acceptors (Lipinski definition) is 4. The number of amides is 1. The molecule has 0 heterocycles. The molecule has 126 valence electrons. The quantitative estimate of drug-likeness (QED) is 0.816. The van der Waals surface area contributed by atoms with Gasteiger partial charge in [-0.3, -0.25) is 9.00 Å². The lowest BCUT2D eigenvalue weighted by Gasteiger charge is -2.14. The molecule has 1 N–H and O–H groups in total. The summed E-state index contributed by atoms with van der Waals surface area (Å²) in [5, 5.41) is 2.76. The first-order valence-electron chi connectivity index (χ1n) is 7.43. The van der Waals surface area contributed by atoms with Crippen molar-refractivity contribution < 1.29 is 18.5 Å². The van der Waals surface area contributed by atoms with Crippen LogP contribution < -0.4 is 5.32 Å². The lowest BCUT2D eigenvalue weighted by atomic mass is 10.1. The van der Waals surface area contributed by atoms with Gasteiger partial charge in [-0.1, -0.05) is 42.5 Å². The molecule has 0 aliphatic heterocycles. The highest BCUT2D eigenvalue weighted by Crippen LogP contribution is 2.14. The second-order valence-corrected chi connectivity index (χ2v) is 6.57. The van der Waals surface area contributed by atoms with Gasteiger partial charge in [-0.15, -0.1) is 0 Å². The van der Waals surface area contributed by atoms with Crippen molar-refractivity contribution in [3.63, 3.8) is 0 Å². The van der Waals surface area contributed by atoms with Crippen LogP contribution >= 0.6 is 0 Å². The molecule has 6 heteroatoms. The standard InChI is InChI=1S/C18H19NO4S/c1-13(14-8-4-3-5-9-14)19-17(20)12-23-18(21)15-10-6-7-11-16(15)24(2)22/h3-11,13H,12H2,1-2H3,(H,19,20)/t13-,24-/m0/s1. The molecule has 0 aliphatic carbocycles. The Hall–Kier alpha value is -2.47. The van der Waals surface area contributed by atoms with Gasteiger partial charge >= 0.3 is 5.97 Å². The van der Waals surface area contributed by atoms with Crippen LogP contribution in [0.4, 0.5) is 0 Å². The lowest BCUT2D eigenvalue weighted by Crippen LogP contribution is -2.31. The zero-order valence-corrected chi connectivity index (χ0v) is 14.3. The summed E-state index contributed by atoms with van der Waals surface area (Å²) in [6.07, 6.45) is 1.49. The molecule has 0 spiro atoms. The van der Waals surface area contributed by atoms with Crippen LogP contribution in [0.3, 0.4) is 0 Å². The monoisotopic (exact) mass is 345 g/mol. The van der Waals surface area contributed by atoms with E-state index in [1.54, 1.807) is 18.2 Å². The Morgan fingerprint density at radius 3 is 2.38 bits per heavy atom. The maximum absolute atomic E-state index is 12.1. The molecule has 0 bridgehead atoms. The van der Waals surface area contributed by atoms with Crippen molar-refractivity contribution in [1.29, 1.82) is 0 Å². The fourth-order valence-corrected chi connectivity index (χ4v) is 2.93. The van der Waals surface area contributed by atoms with Gasteiger partial charge in [-0.25, -0.2) is 4.79 Å². The van der Waals surface area contributed by atoms with E-state index in [9.17, 15) is 13.8 Å². The van der Waals surface area contributed by atoms with Gasteiger partial charge in [0.05, 0.1) is 27.3 Å². The first kappa shape index (κ1) is 17.9. The highest BCUT2D eigenvalue weighted by molar-refractivity contribution is 7.84.